The lowest BCUT2D eigenvalue weighted by molar-refractivity contribution is 0.325. The Balaban J connectivity index is 1.16. The van der Waals surface area contributed by atoms with E-state index in [-0.39, 0.29) is 23.2 Å². The van der Waals surface area contributed by atoms with E-state index in [1.54, 1.807) is 0 Å². The number of nitrogens with zero attached hydrogens (tertiary/aromatic N) is 3. The van der Waals surface area contributed by atoms with Crippen molar-refractivity contribution < 1.29 is 0 Å². The van der Waals surface area contributed by atoms with Crippen LogP contribution in [-0.2, 0) is 17.3 Å². The first-order valence-electron chi connectivity index (χ1n) is 17.4. The number of fused-ring (bicyclic) bond motifs is 11. The van der Waals surface area contributed by atoms with Gasteiger partial charge in [-0.05, 0) is 67.9 Å². The first kappa shape index (κ1) is 26.9. The predicted molar refractivity (Wildman–Crippen MR) is 197 cm³/mol. The van der Waals surface area contributed by atoms with Crippen molar-refractivity contribution >= 4 is 33.3 Å². The van der Waals surface area contributed by atoms with Gasteiger partial charge in [0.1, 0.15) is 0 Å². The van der Waals surface area contributed by atoms with Gasteiger partial charge in [-0.3, -0.25) is 5.01 Å². The van der Waals surface area contributed by atoms with E-state index >= 15 is 0 Å². The number of hydrogen-bond acceptors (Lipinski definition) is 2. The molecule has 3 heterocycles. The van der Waals surface area contributed by atoms with Gasteiger partial charge >= 0.3 is 0 Å². The SMILES string of the molecule is CC1(C)C2=C(c3ccccc31)C(c1ccc3c(c1)-c1ccccc1C3(C)C)N1C(n3c4c(c5cc6ccccc6cc53)C=CC=CC4)N21. The van der Waals surface area contributed by atoms with E-state index in [4.69, 9.17) is 0 Å². The third-order valence-corrected chi connectivity index (χ3v) is 12.1. The zero-order chi connectivity index (χ0) is 32.1. The Morgan fingerprint density at radius 2 is 1.33 bits per heavy atom. The predicted octanol–water partition coefficient (Wildman–Crippen LogP) is 10.7. The number of hydrazine groups is 1. The molecule has 0 spiro atoms. The van der Waals surface area contributed by atoms with Gasteiger partial charge < -0.3 is 4.57 Å². The summed E-state index contributed by atoms with van der Waals surface area (Å²) in [7, 11) is 0. The summed E-state index contributed by atoms with van der Waals surface area (Å²) in [5.41, 5.74) is 16.7. The van der Waals surface area contributed by atoms with Crippen LogP contribution < -0.4 is 0 Å². The first-order chi connectivity index (χ1) is 23.4. The Hall–Kier alpha value is -5.12. The average molecular weight is 620 g/mol. The number of benzene rings is 5. The Kier molecular flexibility index (Phi) is 4.96. The van der Waals surface area contributed by atoms with Crippen LogP contribution in [0.25, 0.3) is 44.5 Å². The molecule has 48 heavy (non-hydrogen) atoms. The molecule has 0 radical (unpaired) electrons. The smallest absolute Gasteiger partial charge is 0.196 e. The summed E-state index contributed by atoms with van der Waals surface area (Å²) in [4.78, 5) is 0. The van der Waals surface area contributed by atoms with Crippen LogP contribution in [-0.4, -0.2) is 14.6 Å². The third-order valence-electron chi connectivity index (χ3n) is 12.1. The van der Waals surface area contributed by atoms with Crippen molar-refractivity contribution in [3.8, 4) is 11.1 Å². The van der Waals surface area contributed by atoms with Crippen LogP contribution in [0.3, 0.4) is 0 Å². The number of aromatic nitrogens is 1. The van der Waals surface area contributed by atoms with E-state index < -0.39 is 0 Å². The highest BCUT2D eigenvalue weighted by atomic mass is 15.9. The largest absolute Gasteiger partial charge is 0.308 e. The second-order valence-corrected chi connectivity index (χ2v) is 15.3. The molecule has 0 saturated carbocycles. The summed E-state index contributed by atoms with van der Waals surface area (Å²) in [6.07, 6.45) is 10.1. The normalized spacial score (nSPS) is 23.2. The fourth-order valence-electron chi connectivity index (χ4n) is 9.93. The van der Waals surface area contributed by atoms with Crippen molar-refractivity contribution in [2.75, 3.05) is 0 Å². The van der Waals surface area contributed by atoms with Crippen LogP contribution in [0.15, 0.2) is 127 Å². The first-order valence-corrected chi connectivity index (χ1v) is 17.4. The van der Waals surface area contributed by atoms with Gasteiger partial charge in [-0.15, -0.1) is 0 Å². The Morgan fingerprint density at radius 1 is 0.646 bits per heavy atom. The molecular weight excluding hydrogens is 583 g/mol. The van der Waals surface area contributed by atoms with Gasteiger partial charge in [0.2, 0.25) is 0 Å². The van der Waals surface area contributed by atoms with E-state index in [1.807, 2.05) is 0 Å². The molecule has 1 saturated heterocycles. The van der Waals surface area contributed by atoms with E-state index in [0.717, 1.165) is 6.42 Å². The van der Waals surface area contributed by atoms with Crippen molar-refractivity contribution in [1.29, 1.82) is 0 Å². The van der Waals surface area contributed by atoms with Crippen molar-refractivity contribution in [3.63, 3.8) is 0 Å². The van der Waals surface area contributed by atoms with Gasteiger partial charge in [-0.2, -0.15) is 5.01 Å². The van der Waals surface area contributed by atoms with Crippen LogP contribution in [0.4, 0.5) is 0 Å². The quantitative estimate of drug-likeness (QED) is 0.179. The fraction of sp³-hybridized carbons (Fsp3) is 0.200. The minimum Gasteiger partial charge on any atom is -0.308 e. The molecule has 6 aromatic rings. The molecule has 3 heteroatoms. The minimum absolute atomic E-state index is 0.00756. The Bertz CT molecular complexity index is 2520. The molecule has 5 aromatic carbocycles. The van der Waals surface area contributed by atoms with E-state index in [1.165, 1.54) is 83.1 Å². The molecule has 0 bridgehead atoms. The summed E-state index contributed by atoms with van der Waals surface area (Å²) in [5, 5.41) is 9.26. The molecule has 1 fully saturated rings. The van der Waals surface area contributed by atoms with E-state index in [0.29, 0.717) is 0 Å². The van der Waals surface area contributed by atoms with Gasteiger partial charge in [-0.1, -0.05) is 137 Å². The second-order valence-electron chi connectivity index (χ2n) is 15.3. The van der Waals surface area contributed by atoms with E-state index in [9.17, 15) is 0 Å². The van der Waals surface area contributed by atoms with E-state index in [2.05, 4.69) is 170 Å². The van der Waals surface area contributed by atoms with Gasteiger partial charge in [-0.25, -0.2) is 0 Å². The number of allylic oxidation sites excluding steroid dienone is 4. The molecule has 11 rings (SSSR count). The Morgan fingerprint density at radius 3 is 2.15 bits per heavy atom. The number of hydrogen-bond donors (Lipinski definition) is 0. The fourth-order valence-corrected chi connectivity index (χ4v) is 9.93. The summed E-state index contributed by atoms with van der Waals surface area (Å²) >= 11 is 0. The van der Waals surface area contributed by atoms with Crippen molar-refractivity contribution in [1.82, 2.24) is 14.6 Å². The number of rotatable bonds is 2. The second kappa shape index (κ2) is 8.86. The topological polar surface area (TPSA) is 10.9 Å². The van der Waals surface area contributed by atoms with Gasteiger partial charge in [0.25, 0.3) is 0 Å². The van der Waals surface area contributed by atoms with Crippen LogP contribution in [0, 0.1) is 0 Å². The maximum Gasteiger partial charge on any atom is 0.196 e. The highest BCUT2D eigenvalue weighted by molar-refractivity contribution is 6.02. The molecule has 3 atom stereocenters. The van der Waals surface area contributed by atoms with Crippen molar-refractivity contribution in [2.45, 2.75) is 57.3 Å². The summed E-state index contributed by atoms with van der Waals surface area (Å²) < 4.78 is 2.67. The molecule has 2 aliphatic heterocycles. The molecule has 0 N–H and O–H groups in total. The highest BCUT2D eigenvalue weighted by Gasteiger charge is 2.65. The average Bonchev–Trinajstić information content (AvgIpc) is 3.47. The molecule has 0 amide bonds. The summed E-state index contributed by atoms with van der Waals surface area (Å²) in [6.45, 7) is 9.61. The van der Waals surface area contributed by atoms with Crippen molar-refractivity contribution in [2.24, 2.45) is 0 Å². The standard InChI is InChI=1S/C45H37N3/c1-44(2)35-19-12-10-16-30(35)33-25-29(22-23-37(33)44)41-40-32-18-11-13-20-36(32)45(3,4)42(40)48-43(47(41)48)46-38-21-7-5-6-17-31(38)34-24-27-14-8-9-15-28(27)26-39(34)46/h5-20,22-26,41,43H,21H2,1-4H3. The zero-order valence-electron chi connectivity index (χ0n) is 27.8. The van der Waals surface area contributed by atoms with Crippen molar-refractivity contribution in [3.05, 3.63) is 166 Å². The van der Waals surface area contributed by atoms with Crippen LogP contribution >= 0.6 is 0 Å². The van der Waals surface area contributed by atoms with Gasteiger partial charge in [0, 0.05) is 45.2 Å². The molecule has 3 aliphatic carbocycles. The minimum atomic E-state index is -0.106. The lowest BCUT2D eigenvalue weighted by Gasteiger charge is -2.25. The maximum absolute atomic E-state index is 2.68. The zero-order valence-corrected chi connectivity index (χ0v) is 27.8. The highest BCUT2D eigenvalue weighted by Crippen LogP contribution is 2.68. The molecule has 232 valence electrons. The van der Waals surface area contributed by atoms with Gasteiger partial charge in [0.15, 0.2) is 6.29 Å². The molecule has 3 nitrogen and oxygen atoms in total. The maximum atomic E-state index is 2.68. The van der Waals surface area contributed by atoms with Gasteiger partial charge in [0.05, 0.1) is 11.6 Å². The Labute approximate surface area is 281 Å². The van der Waals surface area contributed by atoms with Crippen LogP contribution in [0.5, 0.6) is 0 Å². The van der Waals surface area contributed by atoms with Crippen LogP contribution in [0.2, 0.25) is 0 Å². The lowest BCUT2D eigenvalue weighted by atomic mass is 9.82. The monoisotopic (exact) mass is 619 g/mol. The molecule has 5 aliphatic rings. The van der Waals surface area contributed by atoms with Crippen LogP contribution in [0.1, 0.15) is 79.1 Å². The third kappa shape index (κ3) is 3.18. The molecular formula is C45H37N3. The summed E-state index contributed by atoms with van der Waals surface area (Å²) in [5.74, 6) is 0. The summed E-state index contributed by atoms with van der Waals surface area (Å²) in [6, 6.07) is 39.3. The molecule has 3 unspecified atom stereocenters. The molecule has 1 aromatic heterocycles. The lowest BCUT2D eigenvalue weighted by Crippen LogP contribution is -2.23.